The largest absolute Gasteiger partial charge is 0.322 e. The number of nitrogens with zero attached hydrogens (tertiary/aromatic N) is 1. The summed E-state index contributed by atoms with van der Waals surface area (Å²) in [5, 5.41) is 6.36. The monoisotopic (exact) mass is 424 g/mol. The average molecular weight is 425 g/mol. The number of benzene rings is 2. The van der Waals surface area contributed by atoms with Gasteiger partial charge in [-0.15, -0.1) is 23.1 Å². The van der Waals surface area contributed by atoms with Gasteiger partial charge in [0.15, 0.2) is 0 Å². The molecular formula is C24H28N2OS2. The van der Waals surface area contributed by atoms with Gasteiger partial charge in [-0.05, 0) is 61.9 Å². The second kappa shape index (κ2) is 10.1. The van der Waals surface area contributed by atoms with Crippen molar-refractivity contribution in [2.45, 2.75) is 50.8 Å². The molecule has 5 heteroatoms. The van der Waals surface area contributed by atoms with Crippen LogP contribution in [0.4, 0.5) is 5.69 Å². The summed E-state index contributed by atoms with van der Waals surface area (Å²) < 4.78 is 0. The van der Waals surface area contributed by atoms with Crippen molar-refractivity contribution in [3.8, 4) is 11.3 Å². The minimum Gasteiger partial charge on any atom is -0.322 e. The fourth-order valence-electron chi connectivity index (χ4n) is 2.88. The van der Waals surface area contributed by atoms with Crippen LogP contribution >= 0.6 is 23.1 Å². The van der Waals surface area contributed by atoms with Crippen molar-refractivity contribution in [1.82, 2.24) is 4.98 Å². The highest BCUT2D eigenvalue weighted by Gasteiger charge is 2.26. The maximum Gasteiger partial charge on any atom is 0.255 e. The van der Waals surface area contributed by atoms with E-state index in [2.05, 4.69) is 24.5 Å². The summed E-state index contributed by atoms with van der Waals surface area (Å²) in [5.74, 6) is 0.612. The molecular weight excluding hydrogens is 396 g/mol. The lowest BCUT2D eigenvalue weighted by atomic mass is 10.1. The Morgan fingerprint density at radius 3 is 2.45 bits per heavy atom. The predicted octanol–water partition coefficient (Wildman–Crippen LogP) is 7.39. The first-order valence-corrected chi connectivity index (χ1v) is 12.2. The SMILES string of the molecule is CCC.CSc1ccc(C(=O)Nc2ccc(-c3csc(C4CC4)n3)cc2)c(C)c1. The van der Waals surface area contributed by atoms with Gasteiger partial charge in [-0.3, -0.25) is 4.79 Å². The van der Waals surface area contributed by atoms with Gasteiger partial charge in [0.05, 0.1) is 10.7 Å². The van der Waals surface area contributed by atoms with Crippen LogP contribution in [0.2, 0.25) is 0 Å². The Balaban J connectivity index is 0.000000755. The van der Waals surface area contributed by atoms with E-state index in [0.29, 0.717) is 11.5 Å². The molecule has 1 saturated carbocycles. The van der Waals surface area contributed by atoms with E-state index >= 15 is 0 Å². The van der Waals surface area contributed by atoms with E-state index in [1.54, 1.807) is 23.1 Å². The Bertz CT molecular complexity index is 959. The van der Waals surface area contributed by atoms with Crippen molar-refractivity contribution in [1.29, 1.82) is 0 Å². The van der Waals surface area contributed by atoms with Crippen molar-refractivity contribution in [3.05, 3.63) is 64.0 Å². The molecule has 3 nitrogen and oxygen atoms in total. The quantitative estimate of drug-likeness (QED) is 0.434. The number of carbonyl (C=O) groups is 1. The van der Waals surface area contributed by atoms with Crippen LogP contribution in [0.15, 0.2) is 52.7 Å². The number of carbonyl (C=O) groups excluding carboxylic acids is 1. The van der Waals surface area contributed by atoms with Crippen molar-refractivity contribution in [3.63, 3.8) is 0 Å². The van der Waals surface area contributed by atoms with E-state index in [9.17, 15) is 4.79 Å². The van der Waals surface area contributed by atoms with Crippen LogP contribution in [0, 0.1) is 6.92 Å². The Labute approximate surface area is 182 Å². The van der Waals surface area contributed by atoms with E-state index < -0.39 is 0 Å². The molecule has 0 radical (unpaired) electrons. The Morgan fingerprint density at radius 2 is 1.86 bits per heavy atom. The van der Waals surface area contributed by atoms with Gasteiger partial charge in [-0.25, -0.2) is 4.98 Å². The van der Waals surface area contributed by atoms with Crippen LogP contribution in [-0.4, -0.2) is 17.1 Å². The number of aromatic nitrogens is 1. The summed E-state index contributed by atoms with van der Waals surface area (Å²) in [7, 11) is 0. The Hall–Kier alpha value is -2.11. The highest BCUT2D eigenvalue weighted by molar-refractivity contribution is 7.98. The predicted molar refractivity (Wildman–Crippen MR) is 126 cm³/mol. The molecule has 4 rings (SSSR count). The minimum absolute atomic E-state index is 0.0763. The topological polar surface area (TPSA) is 42.0 Å². The van der Waals surface area contributed by atoms with Crippen LogP contribution in [-0.2, 0) is 0 Å². The van der Waals surface area contributed by atoms with Gasteiger partial charge in [0.25, 0.3) is 5.91 Å². The zero-order chi connectivity index (χ0) is 20.8. The highest BCUT2D eigenvalue weighted by atomic mass is 32.2. The van der Waals surface area contributed by atoms with Crippen LogP contribution in [0.25, 0.3) is 11.3 Å². The first-order valence-electron chi connectivity index (χ1n) is 10.1. The maximum absolute atomic E-state index is 12.5. The molecule has 0 unspecified atom stereocenters. The molecule has 0 atom stereocenters. The number of amides is 1. The molecule has 0 aliphatic heterocycles. The van der Waals surface area contributed by atoms with Gasteiger partial charge in [-0.2, -0.15) is 0 Å². The number of aryl methyl sites for hydroxylation is 1. The highest BCUT2D eigenvalue weighted by Crippen LogP contribution is 2.42. The third-order valence-electron chi connectivity index (χ3n) is 4.57. The lowest BCUT2D eigenvalue weighted by Gasteiger charge is -2.09. The lowest BCUT2D eigenvalue weighted by Crippen LogP contribution is -2.13. The summed E-state index contributed by atoms with van der Waals surface area (Å²) in [6.45, 7) is 6.22. The second-order valence-electron chi connectivity index (χ2n) is 7.26. The van der Waals surface area contributed by atoms with E-state index in [1.165, 1.54) is 24.3 Å². The number of hydrogen-bond acceptors (Lipinski definition) is 4. The molecule has 152 valence electrons. The molecule has 1 aliphatic rings. The molecule has 0 bridgehead atoms. The van der Waals surface area contributed by atoms with Gasteiger partial charge in [-0.1, -0.05) is 32.4 Å². The maximum atomic E-state index is 12.5. The zero-order valence-corrected chi connectivity index (χ0v) is 19.1. The number of thiazole rings is 1. The van der Waals surface area contributed by atoms with Crippen LogP contribution in [0.3, 0.4) is 0 Å². The van der Waals surface area contributed by atoms with Crippen LogP contribution in [0.5, 0.6) is 0 Å². The van der Waals surface area contributed by atoms with Crippen LogP contribution < -0.4 is 5.32 Å². The van der Waals surface area contributed by atoms with Crippen molar-refractivity contribution in [2.75, 3.05) is 11.6 Å². The number of hydrogen-bond donors (Lipinski definition) is 1. The number of rotatable bonds is 5. The first-order chi connectivity index (χ1) is 14.0. The first kappa shape index (κ1) is 21.6. The molecule has 1 N–H and O–H groups in total. The second-order valence-corrected chi connectivity index (χ2v) is 9.03. The van der Waals surface area contributed by atoms with Gasteiger partial charge < -0.3 is 5.32 Å². The van der Waals surface area contributed by atoms with Crippen molar-refractivity contribution >= 4 is 34.7 Å². The lowest BCUT2D eigenvalue weighted by molar-refractivity contribution is 0.102. The van der Waals surface area contributed by atoms with E-state index in [4.69, 9.17) is 4.98 Å². The van der Waals surface area contributed by atoms with Crippen molar-refractivity contribution in [2.24, 2.45) is 0 Å². The summed E-state index contributed by atoms with van der Waals surface area (Å²) in [6.07, 6.45) is 5.83. The molecule has 0 saturated heterocycles. The molecule has 1 heterocycles. The molecule has 29 heavy (non-hydrogen) atoms. The van der Waals surface area contributed by atoms with E-state index in [-0.39, 0.29) is 5.91 Å². The summed E-state index contributed by atoms with van der Waals surface area (Å²) in [5.41, 5.74) is 4.61. The molecule has 1 amide bonds. The summed E-state index contributed by atoms with van der Waals surface area (Å²) >= 11 is 3.43. The molecule has 2 aromatic carbocycles. The number of nitrogens with one attached hydrogen (secondary N) is 1. The van der Waals surface area contributed by atoms with E-state index in [0.717, 1.165) is 27.4 Å². The molecule has 3 aromatic rings. The van der Waals surface area contributed by atoms with Gasteiger partial charge >= 0.3 is 0 Å². The fraction of sp³-hybridized carbons (Fsp3) is 0.333. The minimum atomic E-state index is -0.0763. The van der Waals surface area contributed by atoms with Gasteiger partial charge in [0, 0.05) is 33.0 Å². The molecule has 1 aliphatic carbocycles. The Morgan fingerprint density at radius 1 is 1.17 bits per heavy atom. The van der Waals surface area contributed by atoms with Crippen molar-refractivity contribution < 1.29 is 4.79 Å². The molecule has 1 fully saturated rings. The van der Waals surface area contributed by atoms with Gasteiger partial charge in [0.2, 0.25) is 0 Å². The van der Waals surface area contributed by atoms with E-state index in [1.807, 2.05) is 55.6 Å². The fourth-order valence-corrected chi connectivity index (χ4v) is 4.38. The zero-order valence-electron chi connectivity index (χ0n) is 17.5. The smallest absolute Gasteiger partial charge is 0.255 e. The summed E-state index contributed by atoms with van der Waals surface area (Å²) in [6, 6.07) is 13.8. The molecule has 0 spiro atoms. The molecule has 1 aromatic heterocycles. The number of anilines is 1. The summed E-state index contributed by atoms with van der Waals surface area (Å²) in [4.78, 5) is 18.4. The normalized spacial score (nSPS) is 12.8. The number of thioether (sulfide) groups is 1. The van der Waals surface area contributed by atoms with Crippen LogP contribution in [0.1, 0.15) is 60.0 Å². The average Bonchev–Trinajstić information content (AvgIpc) is 3.46. The standard InChI is InChI=1S/C21H20N2OS2.C3H8/c1-13-11-17(25-2)9-10-18(13)20(24)22-16-7-5-14(6-8-16)19-12-26-21(23-19)15-3-4-15;1-3-2/h5-12,15H,3-4H2,1-2H3,(H,22,24);3H2,1-2H3. The van der Waals surface area contributed by atoms with Gasteiger partial charge in [0.1, 0.15) is 0 Å². The third kappa shape index (κ3) is 5.71. The third-order valence-corrected chi connectivity index (χ3v) is 6.30. The Kier molecular flexibility index (Phi) is 7.51.